The minimum absolute atomic E-state index is 0.188. The number of rotatable bonds is 4. The summed E-state index contributed by atoms with van der Waals surface area (Å²) < 4.78 is 28.0. The van der Waals surface area contributed by atoms with Gasteiger partial charge in [0.2, 0.25) is 0 Å². The Morgan fingerprint density at radius 2 is 1.56 bits per heavy atom. The van der Waals surface area contributed by atoms with E-state index >= 15 is 0 Å². The highest BCUT2D eigenvalue weighted by molar-refractivity contribution is 7.92. The summed E-state index contributed by atoms with van der Waals surface area (Å²) in [7, 11) is -3.66. The average molecular weight is 387 g/mol. The first-order chi connectivity index (χ1) is 12.6. The maximum atomic E-state index is 12.7. The summed E-state index contributed by atoms with van der Waals surface area (Å²) in [4.78, 5) is 12.4. The van der Waals surface area contributed by atoms with Crippen LogP contribution in [0, 0.1) is 0 Å². The molecule has 0 aliphatic heterocycles. The van der Waals surface area contributed by atoms with Gasteiger partial charge < -0.3 is 5.32 Å². The van der Waals surface area contributed by atoms with E-state index in [1.807, 2.05) is 26.8 Å². The van der Waals surface area contributed by atoms with Crippen LogP contribution in [0.2, 0.25) is 0 Å². The van der Waals surface area contributed by atoms with Gasteiger partial charge in [-0.3, -0.25) is 9.52 Å². The first kappa shape index (κ1) is 19.4. The highest BCUT2D eigenvalue weighted by Crippen LogP contribution is 2.25. The largest absolute Gasteiger partial charge is 0.347 e. The molecule has 5 nitrogen and oxygen atoms in total. The number of hydrogen-bond donors (Lipinski definition) is 2. The van der Waals surface area contributed by atoms with Crippen molar-refractivity contribution in [1.82, 2.24) is 5.32 Å². The molecular formula is C21H26N2O3S. The zero-order valence-electron chi connectivity index (χ0n) is 16.0. The zero-order valence-corrected chi connectivity index (χ0v) is 16.8. The molecule has 0 atom stereocenters. The van der Waals surface area contributed by atoms with Crippen molar-refractivity contribution in [3.63, 3.8) is 0 Å². The van der Waals surface area contributed by atoms with Crippen LogP contribution in [-0.4, -0.2) is 19.9 Å². The fourth-order valence-electron chi connectivity index (χ4n) is 3.19. The van der Waals surface area contributed by atoms with Crippen molar-refractivity contribution in [2.75, 3.05) is 4.72 Å². The van der Waals surface area contributed by atoms with Gasteiger partial charge in [0.05, 0.1) is 4.90 Å². The number of anilines is 1. The third-order valence-corrected chi connectivity index (χ3v) is 5.90. The predicted octanol–water partition coefficient (Wildman–Crippen LogP) is 3.89. The number of nitrogens with one attached hydrogen (secondary N) is 2. The van der Waals surface area contributed by atoms with Crippen LogP contribution >= 0.6 is 0 Å². The minimum atomic E-state index is -3.66. The Balaban J connectivity index is 1.75. The van der Waals surface area contributed by atoms with Crippen molar-refractivity contribution >= 4 is 21.6 Å². The molecule has 0 aromatic heterocycles. The van der Waals surface area contributed by atoms with Crippen molar-refractivity contribution in [2.45, 2.75) is 56.9 Å². The summed E-state index contributed by atoms with van der Waals surface area (Å²) in [5.41, 5.74) is 2.96. The van der Waals surface area contributed by atoms with E-state index in [9.17, 15) is 13.2 Å². The van der Waals surface area contributed by atoms with Gasteiger partial charge >= 0.3 is 0 Å². The first-order valence-corrected chi connectivity index (χ1v) is 10.7. The Labute approximate surface area is 161 Å². The van der Waals surface area contributed by atoms with Crippen LogP contribution in [0.15, 0.2) is 47.4 Å². The van der Waals surface area contributed by atoms with Crippen molar-refractivity contribution in [3.8, 4) is 0 Å². The van der Waals surface area contributed by atoms with Gasteiger partial charge in [-0.05, 0) is 94.0 Å². The average Bonchev–Trinajstić information content (AvgIpc) is 2.60. The van der Waals surface area contributed by atoms with Crippen LogP contribution in [-0.2, 0) is 22.9 Å². The Morgan fingerprint density at radius 3 is 2.19 bits per heavy atom. The molecule has 1 amide bonds. The van der Waals surface area contributed by atoms with E-state index in [-0.39, 0.29) is 16.3 Å². The molecule has 0 heterocycles. The minimum Gasteiger partial charge on any atom is -0.347 e. The molecule has 3 rings (SSSR count). The number of hydrogen-bond acceptors (Lipinski definition) is 3. The fraction of sp³-hybridized carbons (Fsp3) is 0.381. The van der Waals surface area contributed by atoms with Crippen LogP contribution in [0.4, 0.5) is 5.69 Å². The number of aryl methyl sites for hydroxylation is 2. The molecule has 2 aromatic carbocycles. The lowest BCUT2D eigenvalue weighted by Gasteiger charge is -2.20. The third-order valence-electron chi connectivity index (χ3n) is 4.52. The van der Waals surface area contributed by atoms with E-state index in [0.717, 1.165) is 31.2 Å². The zero-order chi connectivity index (χ0) is 19.7. The number of amides is 1. The second kappa shape index (κ2) is 7.35. The highest BCUT2D eigenvalue weighted by atomic mass is 32.2. The van der Waals surface area contributed by atoms with E-state index < -0.39 is 10.0 Å². The Kier molecular flexibility index (Phi) is 5.29. The van der Waals surface area contributed by atoms with Crippen LogP contribution in [0.5, 0.6) is 0 Å². The van der Waals surface area contributed by atoms with Crippen LogP contribution in [0.3, 0.4) is 0 Å². The molecule has 2 N–H and O–H groups in total. The SMILES string of the molecule is CC(C)(C)NC(=O)c1ccc(NS(=O)(=O)c2ccc3c(c2)CCCC3)cc1. The van der Waals surface area contributed by atoms with Gasteiger partial charge in [0.15, 0.2) is 0 Å². The van der Waals surface area contributed by atoms with Crippen LogP contribution in [0.1, 0.15) is 55.1 Å². The Bertz CT molecular complexity index is 942. The lowest BCUT2D eigenvalue weighted by atomic mass is 9.92. The molecule has 0 fully saturated rings. The number of benzene rings is 2. The maximum Gasteiger partial charge on any atom is 0.261 e. The van der Waals surface area contributed by atoms with E-state index in [4.69, 9.17) is 0 Å². The van der Waals surface area contributed by atoms with Gasteiger partial charge in [-0.1, -0.05) is 6.07 Å². The molecule has 0 saturated carbocycles. The number of carbonyl (C=O) groups is 1. The molecular weight excluding hydrogens is 360 g/mol. The van der Waals surface area contributed by atoms with Gasteiger partial charge in [-0.25, -0.2) is 8.42 Å². The van der Waals surface area contributed by atoms with Crippen LogP contribution < -0.4 is 10.0 Å². The van der Waals surface area contributed by atoms with Gasteiger partial charge in [-0.2, -0.15) is 0 Å². The van der Waals surface area contributed by atoms with Gasteiger partial charge in [0, 0.05) is 16.8 Å². The Hall–Kier alpha value is -2.34. The summed E-state index contributed by atoms with van der Waals surface area (Å²) in [6, 6.07) is 11.8. The molecule has 0 bridgehead atoms. The molecule has 1 aliphatic carbocycles. The standard InChI is InChI=1S/C21H26N2O3S/c1-21(2,3)22-20(24)16-8-11-18(12-9-16)23-27(25,26)19-13-10-15-6-4-5-7-17(15)14-19/h8-14,23H,4-7H2,1-3H3,(H,22,24). The molecule has 0 radical (unpaired) electrons. The molecule has 27 heavy (non-hydrogen) atoms. The van der Waals surface area contributed by atoms with Gasteiger partial charge in [0.25, 0.3) is 15.9 Å². The number of fused-ring (bicyclic) bond motifs is 1. The summed E-state index contributed by atoms with van der Waals surface area (Å²) in [6.07, 6.45) is 4.20. The molecule has 0 saturated heterocycles. The van der Waals surface area contributed by atoms with E-state index in [1.54, 1.807) is 36.4 Å². The smallest absolute Gasteiger partial charge is 0.261 e. The normalized spacial score (nSPS) is 14.3. The molecule has 1 aliphatic rings. The summed E-state index contributed by atoms with van der Waals surface area (Å²) in [6.45, 7) is 5.73. The van der Waals surface area contributed by atoms with Gasteiger partial charge in [0.1, 0.15) is 0 Å². The topological polar surface area (TPSA) is 75.3 Å². The summed E-state index contributed by atoms with van der Waals surface area (Å²) in [5.74, 6) is -0.188. The van der Waals surface area contributed by atoms with Crippen molar-refractivity contribution in [2.24, 2.45) is 0 Å². The lowest BCUT2D eigenvalue weighted by molar-refractivity contribution is 0.0919. The summed E-state index contributed by atoms with van der Waals surface area (Å²) in [5, 5.41) is 2.88. The van der Waals surface area contributed by atoms with E-state index in [0.29, 0.717) is 11.3 Å². The lowest BCUT2D eigenvalue weighted by Crippen LogP contribution is -2.40. The Morgan fingerprint density at radius 1 is 0.926 bits per heavy atom. The van der Waals surface area contributed by atoms with Gasteiger partial charge in [-0.15, -0.1) is 0 Å². The third kappa shape index (κ3) is 4.89. The van der Waals surface area contributed by atoms with Crippen molar-refractivity contribution in [1.29, 1.82) is 0 Å². The molecule has 0 unspecified atom stereocenters. The monoisotopic (exact) mass is 386 g/mol. The predicted molar refractivity (Wildman–Crippen MR) is 108 cm³/mol. The van der Waals surface area contributed by atoms with Crippen molar-refractivity contribution < 1.29 is 13.2 Å². The van der Waals surface area contributed by atoms with E-state index in [1.165, 1.54) is 5.56 Å². The quantitative estimate of drug-likeness (QED) is 0.837. The van der Waals surface area contributed by atoms with Crippen LogP contribution in [0.25, 0.3) is 0 Å². The van der Waals surface area contributed by atoms with Crippen molar-refractivity contribution in [3.05, 3.63) is 59.2 Å². The number of sulfonamides is 1. The molecule has 6 heteroatoms. The first-order valence-electron chi connectivity index (χ1n) is 9.21. The molecule has 0 spiro atoms. The highest BCUT2D eigenvalue weighted by Gasteiger charge is 2.19. The second-order valence-corrected chi connectivity index (χ2v) is 9.71. The second-order valence-electron chi connectivity index (χ2n) is 8.02. The summed E-state index contributed by atoms with van der Waals surface area (Å²) >= 11 is 0. The fourth-order valence-corrected chi connectivity index (χ4v) is 4.30. The van der Waals surface area contributed by atoms with E-state index in [2.05, 4.69) is 10.0 Å². The number of carbonyl (C=O) groups excluding carboxylic acids is 1. The maximum absolute atomic E-state index is 12.7. The molecule has 2 aromatic rings. The molecule has 144 valence electrons.